The summed E-state index contributed by atoms with van der Waals surface area (Å²) in [4.78, 5) is 10.5. The van der Waals surface area contributed by atoms with E-state index in [1.54, 1.807) is 24.3 Å². The quantitative estimate of drug-likeness (QED) is 0.707. The van der Waals surface area contributed by atoms with Crippen molar-refractivity contribution < 1.29 is 9.21 Å². The van der Waals surface area contributed by atoms with Crippen LogP contribution in [0.25, 0.3) is 11.3 Å². The number of furan rings is 1. The van der Waals surface area contributed by atoms with Gasteiger partial charge in [-0.3, -0.25) is 4.79 Å². The number of halogens is 3. The van der Waals surface area contributed by atoms with Crippen LogP contribution < -0.4 is 0 Å². The summed E-state index contributed by atoms with van der Waals surface area (Å²) < 4.78 is 6.96. The Morgan fingerprint density at radius 1 is 1.19 bits per heavy atom. The predicted molar refractivity (Wildman–Crippen MR) is 69.9 cm³/mol. The molecule has 0 amide bonds. The van der Waals surface area contributed by atoms with E-state index in [1.807, 2.05) is 0 Å². The van der Waals surface area contributed by atoms with Crippen molar-refractivity contribution in [2.75, 3.05) is 0 Å². The second-order valence-corrected chi connectivity index (χ2v) is 5.21. The second kappa shape index (κ2) is 4.73. The van der Waals surface area contributed by atoms with E-state index in [4.69, 9.17) is 16.0 Å². The minimum atomic E-state index is 0.295. The van der Waals surface area contributed by atoms with E-state index in [1.165, 1.54) is 0 Å². The summed E-state index contributed by atoms with van der Waals surface area (Å²) in [6.45, 7) is 0. The molecule has 5 heteroatoms. The van der Waals surface area contributed by atoms with Crippen LogP contribution in [0.3, 0.4) is 0 Å². The van der Waals surface area contributed by atoms with E-state index in [9.17, 15) is 4.79 Å². The molecule has 0 N–H and O–H groups in total. The van der Waals surface area contributed by atoms with Crippen LogP contribution in [-0.4, -0.2) is 6.29 Å². The minimum absolute atomic E-state index is 0.295. The summed E-state index contributed by atoms with van der Waals surface area (Å²) in [6, 6.07) is 6.90. The lowest BCUT2D eigenvalue weighted by Crippen LogP contribution is -1.80. The molecule has 0 aliphatic rings. The van der Waals surface area contributed by atoms with E-state index < -0.39 is 0 Å². The standard InChI is InChI=1S/C11H5Br2ClO2/c12-8-3-6(14)4-9(13)11(8)10-2-1-7(5-15)16-10/h1-5H. The van der Waals surface area contributed by atoms with Gasteiger partial charge < -0.3 is 4.42 Å². The topological polar surface area (TPSA) is 30.2 Å². The fraction of sp³-hybridized carbons (Fsp3) is 0. The molecule has 0 unspecified atom stereocenters. The summed E-state index contributed by atoms with van der Waals surface area (Å²) in [5.41, 5.74) is 0.831. The zero-order chi connectivity index (χ0) is 11.7. The molecule has 0 saturated carbocycles. The molecule has 0 fully saturated rings. The average Bonchev–Trinajstić information content (AvgIpc) is 2.64. The lowest BCUT2D eigenvalue weighted by Gasteiger charge is -2.05. The smallest absolute Gasteiger partial charge is 0.185 e. The number of hydrogen-bond donors (Lipinski definition) is 0. The van der Waals surface area contributed by atoms with Crippen molar-refractivity contribution in [2.45, 2.75) is 0 Å². The molecule has 0 spiro atoms. The normalized spacial score (nSPS) is 10.4. The van der Waals surface area contributed by atoms with Crippen molar-refractivity contribution in [1.82, 2.24) is 0 Å². The molecule has 0 saturated heterocycles. The summed E-state index contributed by atoms with van der Waals surface area (Å²) >= 11 is 12.7. The van der Waals surface area contributed by atoms with Crippen LogP contribution in [0.5, 0.6) is 0 Å². The Morgan fingerprint density at radius 2 is 1.81 bits per heavy atom. The van der Waals surface area contributed by atoms with Gasteiger partial charge in [0.2, 0.25) is 0 Å². The number of aldehydes is 1. The number of hydrogen-bond acceptors (Lipinski definition) is 2. The number of rotatable bonds is 2. The van der Waals surface area contributed by atoms with Gasteiger partial charge in [-0.2, -0.15) is 0 Å². The lowest BCUT2D eigenvalue weighted by molar-refractivity contribution is 0.110. The average molecular weight is 364 g/mol. The highest BCUT2D eigenvalue weighted by atomic mass is 79.9. The zero-order valence-electron chi connectivity index (χ0n) is 7.84. The lowest BCUT2D eigenvalue weighted by atomic mass is 10.2. The summed E-state index contributed by atoms with van der Waals surface area (Å²) in [5, 5.41) is 0.615. The largest absolute Gasteiger partial charge is 0.453 e. The SMILES string of the molecule is O=Cc1ccc(-c2c(Br)cc(Cl)cc2Br)o1. The van der Waals surface area contributed by atoms with E-state index >= 15 is 0 Å². The second-order valence-electron chi connectivity index (χ2n) is 3.06. The number of carbonyl (C=O) groups is 1. The van der Waals surface area contributed by atoms with Crippen LogP contribution in [-0.2, 0) is 0 Å². The Hall–Kier alpha value is -0.580. The van der Waals surface area contributed by atoms with E-state index in [0.717, 1.165) is 14.5 Å². The van der Waals surface area contributed by atoms with Crippen molar-refractivity contribution in [3.05, 3.63) is 44.0 Å². The number of benzene rings is 1. The van der Waals surface area contributed by atoms with Crippen LogP contribution in [0.4, 0.5) is 0 Å². The third-order valence-electron chi connectivity index (χ3n) is 2.00. The van der Waals surface area contributed by atoms with Crippen molar-refractivity contribution in [1.29, 1.82) is 0 Å². The molecule has 1 heterocycles. The van der Waals surface area contributed by atoms with Gasteiger partial charge >= 0.3 is 0 Å². The molecule has 1 aromatic carbocycles. The van der Waals surface area contributed by atoms with Crippen molar-refractivity contribution in [3.8, 4) is 11.3 Å². The third-order valence-corrected chi connectivity index (χ3v) is 3.47. The summed E-state index contributed by atoms with van der Waals surface area (Å²) in [5.74, 6) is 0.904. The van der Waals surface area contributed by atoms with E-state index in [-0.39, 0.29) is 0 Å². The molecule has 0 aliphatic heterocycles. The molecule has 1 aromatic heterocycles. The fourth-order valence-electron chi connectivity index (χ4n) is 1.33. The van der Waals surface area contributed by atoms with E-state index in [2.05, 4.69) is 31.9 Å². The Bertz CT molecular complexity index is 526. The first-order chi connectivity index (χ1) is 7.61. The van der Waals surface area contributed by atoms with Crippen molar-refractivity contribution in [3.63, 3.8) is 0 Å². The van der Waals surface area contributed by atoms with Gasteiger partial charge in [0.05, 0.1) is 0 Å². The maximum absolute atomic E-state index is 10.5. The first kappa shape index (κ1) is 11.9. The maximum Gasteiger partial charge on any atom is 0.185 e. The van der Waals surface area contributed by atoms with Crippen LogP contribution in [0.15, 0.2) is 37.6 Å². The molecule has 82 valence electrons. The van der Waals surface area contributed by atoms with Crippen molar-refractivity contribution in [2.24, 2.45) is 0 Å². The van der Waals surface area contributed by atoms with Crippen LogP contribution in [0, 0.1) is 0 Å². The van der Waals surface area contributed by atoms with Gasteiger partial charge in [0.1, 0.15) is 5.76 Å². The molecule has 0 aliphatic carbocycles. The maximum atomic E-state index is 10.5. The highest BCUT2D eigenvalue weighted by Gasteiger charge is 2.13. The van der Waals surface area contributed by atoms with Crippen LogP contribution in [0.1, 0.15) is 10.6 Å². The molecule has 0 atom stereocenters. The first-order valence-electron chi connectivity index (χ1n) is 4.31. The van der Waals surface area contributed by atoms with Crippen LogP contribution >= 0.6 is 43.5 Å². The van der Waals surface area contributed by atoms with Gasteiger partial charge in [-0.25, -0.2) is 0 Å². The Balaban J connectivity index is 2.59. The van der Waals surface area contributed by atoms with Gasteiger partial charge in [-0.1, -0.05) is 11.6 Å². The first-order valence-corrected chi connectivity index (χ1v) is 6.28. The van der Waals surface area contributed by atoms with Crippen LogP contribution in [0.2, 0.25) is 5.02 Å². The number of carbonyl (C=O) groups excluding carboxylic acids is 1. The van der Waals surface area contributed by atoms with Gasteiger partial charge in [0.25, 0.3) is 0 Å². The third kappa shape index (κ3) is 2.24. The molecular formula is C11H5Br2ClO2. The van der Waals surface area contributed by atoms with Gasteiger partial charge in [-0.05, 0) is 56.1 Å². The molecule has 2 aromatic rings. The molecule has 2 rings (SSSR count). The van der Waals surface area contributed by atoms with E-state index in [0.29, 0.717) is 22.8 Å². The monoisotopic (exact) mass is 362 g/mol. The Kier molecular flexibility index (Phi) is 3.52. The van der Waals surface area contributed by atoms with Crippen molar-refractivity contribution >= 4 is 49.7 Å². The Labute approximate surface area is 114 Å². The molecule has 0 bridgehead atoms. The van der Waals surface area contributed by atoms with Gasteiger partial charge in [-0.15, -0.1) is 0 Å². The molecule has 2 nitrogen and oxygen atoms in total. The highest BCUT2D eigenvalue weighted by Crippen LogP contribution is 2.38. The molecule has 0 radical (unpaired) electrons. The zero-order valence-corrected chi connectivity index (χ0v) is 11.8. The Morgan fingerprint density at radius 3 is 2.31 bits per heavy atom. The predicted octanol–water partition coefficient (Wildman–Crippen LogP) is 4.94. The summed E-state index contributed by atoms with van der Waals surface area (Å²) in [6.07, 6.45) is 0.668. The summed E-state index contributed by atoms with van der Waals surface area (Å²) in [7, 11) is 0. The highest BCUT2D eigenvalue weighted by molar-refractivity contribution is 9.11. The fourth-order valence-corrected chi connectivity index (χ4v) is 3.39. The molecule has 16 heavy (non-hydrogen) atoms. The molecular weight excluding hydrogens is 359 g/mol. The van der Waals surface area contributed by atoms with Gasteiger partial charge in [0, 0.05) is 19.5 Å². The minimum Gasteiger partial charge on any atom is -0.453 e. The van der Waals surface area contributed by atoms with Gasteiger partial charge in [0.15, 0.2) is 12.0 Å².